The minimum absolute atomic E-state index is 0.000667. The van der Waals surface area contributed by atoms with Gasteiger partial charge in [0.25, 0.3) is 0 Å². The molecule has 0 amide bonds. The second-order valence-corrected chi connectivity index (χ2v) is 8.38. The average molecular weight is 479 g/mol. The molecule has 34 heavy (non-hydrogen) atoms. The number of unbranched alkanes of at least 4 members (excludes halogenated alkanes) is 2. The van der Waals surface area contributed by atoms with Gasteiger partial charge in [0.15, 0.2) is 11.5 Å². The van der Waals surface area contributed by atoms with E-state index in [1.165, 1.54) is 0 Å². The Labute approximate surface area is 201 Å². The van der Waals surface area contributed by atoms with Crippen molar-refractivity contribution in [2.75, 3.05) is 26.4 Å². The topological polar surface area (TPSA) is 119 Å². The average Bonchev–Trinajstić information content (AvgIpc) is 2.77. The van der Waals surface area contributed by atoms with E-state index in [4.69, 9.17) is 24.4 Å². The lowest BCUT2D eigenvalue weighted by atomic mass is 10.0. The molecule has 1 aromatic carbocycles. The van der Waals surface area contributed by atoms with Crippen molar-refractivity contribution in [3.8, 4) is 11.5 Å². The molecular formula is C26H38O8. The normalized spacial score (nSPS) is 11.1. The maximum absolute atomic E-state index is 12.2. The fraction of sp³-hybridized carbons (Fsp3) is 0.577. The number of ether oxygens (including phenoxy) is 3. The molecule has 190 valence electrons. The molecule has 0 fully saturated rings. The smallest absolute Gasteiger partial charge is 0.329 e. The molecule has 0 radical (unpaired) electrons. The molecule has 0 aliphatic heterocycles. The first kappa shape index (κ1) is 29.2. The number of hydrogen-bond donors (Lipinski definition) is 2. The van der Waals surface area contributed by atoms with Gasteiger partial charge in [0.1, 0.15) is 19.0 Å². The van der Waals surface area contributed by atoms with E-state index in [-0.39, 0.29) is 32.0 Å². The van der Waals surface area contributed by atoms with Crippen molar-refractivity contribution in [2.45, 2.75) is 65.2 Å². The van der Waals surface area contributed by atoms with E-state index in [0.717, 1.165) is 24.8 Å². The molecular weight excluding hydrogens is 440 g/mol. The number of carboxylic acid groups (broad SMARTS) is 2. The van der Waals surface area contributed by atoms with Gasteiger partial charge in [0, 0.05) is 19.3 Å². The largest absolute Gasteiger partial charge is 0.490 e. The van der Waals surface area contributed by atoms with Gasteiger partial charge in [-0.25, -0.2) is 4.79 Å². The van der Waals surface area contributed by atoms with Crippen LogP contribution >= 0.6 is 0 Å². The predicted octanol–water partition coefficient (Wildman–Crippen LogP) is 4.68. The van der Waals surface area contributed by atoms with Crippen LogP contribution in [-0.2, 0) is 25.5 Å². The molecule has 0 spiro atoms. The number of allylic oxidation sites excluding steroid dienone is 2. The first-order chi connectivity index (χ1) is 16.3. The number of carbonyl (C=O) groups is 3. The number of aryl methyl sites for hydroxylation is 1. The fourth-order valence-electron chi connectivity index (χ4n) is 3.08. The van der Waals surface area contributed by atoms with Gasteiger partial charge in [-0.3, -0.25) is 9.59 Å². The van der Waals surface area contributed by atoms with E-state index in [0.29, 0.717) is 43.1 Å². The number of ketones is 1. The zero-order valence-electron chi connectivity index (χ0n) is 20.3. The molecule has 8 heteroatoms. The van der Waals surface area contributed by atoms with E-state index >= 15 is 0 Å². The monoisotopic (exact) mass is 478 g/mol. The van der Waals surface area contributed by atoms with E-state index in [1.54, 1.807) is 12.1 Å². The number of hydrogen-bond acceptors (Lipinski definition) is 6. The van der Waals surface area contributed by atoms with Crippen LogP contribution in [0.2, 0.25) is 0 Å². The van der Waals surface area contributed by atoms with Crippen molar-refractivity contribution >= 4 is 17.7 Å². The van der Waals surface area contributed by atoms with Crippen LogP contribution in [0.25, 0.3) is 0 Å². The third kappa shape index (κ3) is 15.1. The summed E-state index contributed by atoms with van der Waals surface area (Å²) in [6.07, 6.45) is 9.20. The Morgan fingerprint density at radius 3 is 2.35 bits per heavy atom. The number of carbonyl (C=O) groups excluding carboxylic acids is 1. The number of rotatable bonds is 20. The summed E-state index contributed by atoms with van der Waals surface area (Å²) in [7, 11) is 0. The van der Waals surface area contributed by atoms with Crippen molar-refractivity contribution in [1.29, 1.82) is 0 Å². The third-order valence-corrected chi connectivity index (χ3v) is 4.80. The first-order valence-electron chi connectivity index (χ1n) is 11.9. The van der Waals surface area contributed by atoms with E-state index in [2.05, 4.69) is 26.0 Å². The summed E-state index contributed by atoms with van der Waals surface area (Å²) in [5, 5.41) is 17.4. The second-order valence-electron chi connectivity index (χ2n) is 8.38. The van der Waals surface area contributed by atoms with Crippen molar-refractivity contribution in [2.24, 2.45) is 5.92 Å². The molecule has 0 saturated heterocycles. The summed E-state index contributed by atoms with van der Waals surface area (Å²) in [4.78, 5) is 33.5. The van der Waals surface area contributed by atoms with Crippen molar-refractivity contribution in [3.05, 3.63) is 35.9 Å². The van der Waals surface area contributed by atoms with Gasteiger partial charge in [-0.05, 0) is 55.7 Å². The molecule has 0 unspecified atom stereocenters. The van der Waals surface area contributed by atoms with Crippen molar-refractivity contribution < 1.29 is 38.8 Å². The zero-order valence-corrected chi connectivity index (χ0v) is 20.3. The van der Waals surface area contributed by atoms with Gasteiger partial charge >= 0.3 is 11.9 Å². The molecule has 8 nitrogen and oxygen atoms in total. The standard InChI is InChI=1S/C26H38O8/c1-20(2)8-5-3-4-6-9-22(27)13-11-21-12-14-23(34-17-16-32-19-26(30)31)24(18-21)33-15-7-10-25(28)29/h5,8,12,14,18,20H,3-4,6-7,9-11,13,15-17,19H2,1-2H3,(H,28,29)(H,30,31)/b8-5+. The number of aliphatic carboxylic acids is 2. The Bertz CT molecular complexity index is 785. The number of carboxylic acids is 2. The summed E-state index contributed by atoms with van der Waals surface area (Å²) in [5.41, 5.74) is 0.927. The highest BCUT2D eigenvalue weighted by atomic mass is 16.5. The second kappa shape index (κ2) is 17.6. The van der Waals surface area contributed by atoms with Gasteiger partial charge in [-0.15, -0.1) is 0 Å². The van der Waals surface area contributed by atoms with Gasteiger partial charge < -0.3 is 24.4 Å². The SMILES string of the molecule is CC(C)/C=C/CCCCC(=O)CCc1ccc(OCCOCC(=O)O)c(OCCCC(=O)O)c1. The maximum Gasteiger partial charge on any atom is 0.329 e. The lowest BCUT2D eigenvalue weighted by Gasteiger charge is -2.14. The maximum atomic E-state index is 12.2. The quantitative estimate of drug-likeness (QED) is 0.205. The highest BCUT2D eigenvalue weighted by Gasteiger charge is 2.10. The van der Waals surface area contributed by atoms with E-state index in [9.17, 15) is 14.4 Å². The van der Waals surface area contributed by atoms with Crippen LogP contribution < -0.4 is 9.47 Å². The predicted molar refractivity (Wildman–Crippen MR) is 129 cm³/mol. The summed E-state index contributed by atoms with van der Waals surface area (Å²) in [6.45, 7) is 4.34. The molecule has 0 atom stereocenters. The number of benzene rings is 1. The first-order valence-corrected chi connectivity index (χ1v) is 11.9. The van der Waals surface area contributed by atoms with Gasteiger partial charge in [-0.2, -0.15) is 0 Å². The molecule has 0 aromatic heterocycles. The fourth-order valence-corrected chi connectivity index (χ4v) is 3.08. The summed E-state index contributed by atoms with van der Waals surface area (Å²) in [6, 6.07) is 5.41. The zero-order chi connectivity index (χ0) is 25.2. The molecule has 0 saturated carbocycles. The molecule has 0 heterocycles. The minimum Gasteiger partial charge on any atom is -0.490 e. The van der Waals surface area contributed by atoms with Crippen LogP contribution in [0.15, 0.2) is 30.4 Å². The molecule has 0 aliphatic rings. The molecule has 1 rings (SSSR count). The van der Waals surface area contributed by atoms with Gasteiger partial charge in [0.2, 0.25) is 0 Å². The van der Waals surface area contributed by atoms with Crippen LogP contribution in [0.4, 0.5) is 0 Å². The minimum atomic E-state index is -1.05. The summed E-state index contributed by atoms with van der Waals surface area (Å²) >= 11 is 0. The molecule has 0 aliphatic carbocycles. The Morgan fingerprint density at radius 2 is 1.65 bits per heavy atom. The van der Waals surface area contributed by atoms with Crippen LogP contribution in [0, 0.1) is 5.92 Å². The van der Waals surface area contributed by atoms with Crippen LogP contribution in [0.5, 0.6) is 11.5 Å². The Morgan fingerprint density at radius 1 is 0.882 bits per heavy atom. The summed E-state index contributed by atoms with van der Waals surface area (Å²) < 4.78 is 16.3. The van der Waals surface area contributed by atoms with E-state index in [1.807, 2.05) is 6.07 Å². The lowest BCUT2D eigenvalue weighted by molar-refractivity contribution is -0.142. The van der Waals surface area contributed by atoms with Crippen LogP contribution in [0.1, 0.15) is 64.4 Å². The lowest BCUT2D eigenvalue weighted by Crippen LogP contribution is -2.13. The summed E-state index contributed by atoms with van der Waals surface area (Å²) in [5.74, 6) is -0.241. The van der Waals surface area contributed by atoms with Crippen molar-refractivity contribution in [1.82, 2.24) is 0 Å². The number of Topliss-reactive ketones (excluding diaryl/α,β-unsaturated/α-hetero) is 1. The Kier molecular flexibility index (Phi) is 15.1. The van der Waals surface area contributed by atoms with Gasteiger partial charge in [0.05, 0.1) is 13.2 Å². The highest BCUT2D eigenvalue weighted by Crippen LogP contribution is 2.29. The highest BCUT2D eigenvalue weighted by molar-refractivity contribution is 5.78. The van der Waals surface area contributed by atoms with Crippen LogP contribution in [0.3, 0.4) is 0 Å². The third-order valence-electron chi connectivity index (χ3n) is 4.80. The Balaban J connectivity index is 2.54. The van der Waals surface area contributed by atoms with Crippen molar-refractivity contribution in [3.63, 3.8) is 0 Å². The van der Waals surface area contributed by atoms with E-state index < -0.39 is 18.5 Å². The van der Waals surface area contributed by atoms with Gasteiger partial charge in [-0.1, -0.05) is 32.1 Å². The molecule has 1 aromatic rings. The molecule has 2 N–H and O–H groups in total. The van der Waals surface area contributed by atoms with Crippen LogP contribution in [-0.4, -0.2) is 54.4 Å². The molecule has 0 bridgehead atoms. The Hall–Kier alpha value is -2.87.